The van der Waals surface area contributed by atoms with Gasteiger partial charge in [-0.2, -0.15) is 11.8 Å². The fourth-order valence-corrected chi connectivity index (χ4v) is 4.26. The van der Waals surface area contributed by atoms with Gasteiger partial charge in [0.05, 0.1) is 5.69 Å². The molecule has 1 amide bonds. The lowest BCUT2D eigenvalue weighted by Gasteiger charge is -2.17. The SMILES string of the molecule is CSCCSC1=N/C(=C\c2ccccc2)C(=O)N1c1ccc(Br)cc1. The van der Waals surface area contributed by atoms with Crippen LogP contribution in [0.15, 0.2) is 69.8 Å². The van der Waals surface area contributed by atoms with Crippen LogP contribution < -0.4 is 4.90 Å². The van der Waals surface area contributed by atoms with Crippen LogP contribution in [0.5, 0.6) is 0 Å². The maximum absolute atomic E-state index is 13.0. The fraction of sp³-hybridized carbons (Fsp3) is 0.158. The van der Waals surface area contributed by atoms with E-state index in [4.69, 9.17) is 0 Å². The standard InChI is InChI=1S/C19H17BrN2OS2/c1-24-11-12-25-19-21-17(13-14-5-3-2-4-6-14)18(23)22(19)16-9-7-15(20)8-10-16/h2-10,13H,11-12H2,1H3/b17-13-. The first-order chi connectivity index (χ1) is 12.2. The van der Waals surface area contributed by atoms with Gasteiger partial charge in [0.1, 0.15) is 5.70 Å². The Morgan fingerprint density at radius 3 is 2.48 bits per heavy atom. The number of halogens is 1. The molecule has 3 nitrogen and oxygen atoms in total. The summed E-state index contributed by atoms with van der Waals surface area (Å²) in [6.45, 7) is 0. The van der Waals surface area contributed by atoms with E-state index in [-0.39, 0.29) is 5.91 Å². The van der Waals surface area contributed by atoms with E-state index in [1.807, 2.05) is 60.7 Å². The Balaban J connectivity index is 1.92. The molecule has 1 heterocycles. The molecule has 0 saturated heterocycles. The van der Waals surface area contributed by atoms with Crippen molar-refractivity contribution >= 4 is 62.3 Å². The number of hydrogen-bond acceptors (Lipinski definition) is 4. The van der Waals surface area contributed by atoms with Gasteiger partial charge in [0, 0.05) is 16.0 Å². The Hall–Kier alpha value is -1.50. The Labute approximate surface area is 164 Å². The van der Waals surface area contributed by atoms with Crippen molar-refractivity contribution < 1.29 is 4.79 Å². The van der Waals surface area contributed by atoms with E-state index < -0.39 is 0 Å². The molecule has 0 bridgehead atoms. The summed E-state index contributed by atoms with van der Waals surface area (Å²) >= 11 is 6.84. The number of rotatable bonds is 5. The van der Waals surface area contributed by atoms with Gasteiger partial charge in [0.15, 0.2) is 5.17 Å². The summed E-state index contributed by atoms with van der Waals surface area (Å²) in [5.74, 6) is 1.85. The van der Waals surface area contributed by atoms with E-state index in [0.29, 0.717) is 5.70 Å². The minimum atomic E-state index is -0.0853. The molecule has 0 N–H and O–H groups in total. The summed E-state index contributed by atoms with van der Waals surface area (Å²) in [6.07, 6.45) is 3.92. The van der Waals surface area contributed by atoms with Crippen molar-refractivity contribution in [1.29, 1.82) is 0 Å². The molecule has 0 aliphatic carbocycles. The van der Waals surface area contributed by atoms with Crippen LogP contribution in [0.25, 0.3) is 6.08 Å². The lowest BCUT2D eigenvalue weighted by molar-refractivity contribution is -0.113. The minimum Gasteiger partial charge on any atom is -0.266 e. The van der Waals surface area contributed by atoms with Crippen LogP contribution in [0, 0.1) is 0 Å². The number of carbonyl (C=O) groups is 1. The first-order valence-electron chi connectivity index (χ1n) is 7.76. The third-order valence-electron chi connectivity index (χ3n) is 3.54. The molecule has 0 spiro atoms. The molecule has 2 aromatic carbocycles. The second kappa shape index (κ2) is 8.74. The molecule has 1 aliphatic rings. The lowest BCUT2D eigenvalue weighted by atomic mass is 10.2. The van der Waals surface area contributed by atoms with E-state index in [9.17, 15) is 4.79 Å². The van der Waals surface area contributed by atoms with Gasteiger partial charge >= 0.3 is 0 Å². The maximum atomic E-state index is 13.0. The number of thioether (sulfide) groups is 2. The highest BCUT2D eigenvalue weighted by atomic mass is 79.9. The van der Waals surface area contributed by atoms with Crippen LogP contribution in [0.1, 0.15) is 5.56 Å². The summed E-state index contributed by atoms with van der Waals surface area (Å²) in [7, 11) is 0. The zero-order valence-electron chi connectivity index (χ0n) is 13.7. The molecule has 0 aromatic heterocycles. The molecule has 0 fully saturated rings. The van der Waals surface area contributed by atoms with Gasteiger partial charge in [-0.25, -0.2) is 4.99 Å². The molecule has 25 heavy (non-hydrogen) atoms. The van der Waals surface area contributed by atoms with E-state index in [1.165, 1.54) is 0 Å². The molecule has 0 atom stereocenters. The van der Waals surface area contributed by atoms with Crippen molar-refractivity contribution in [1.82, 2.24) is 0 Å². The van der Waals surface area contributed by atoms with E-state index in [0.717, 1.165) is 32.4 Å². The second-order valence-electron chi connectivity index (χ2n) is 5.29. The Morgan fingerprint density at radius 1 is 1.08 bits per heavy atom. The van der Waals surface area contributed by atoms with Gasteiger partial charge in [0.25, 0.3) is 5.91 Å². The van der Waals surface area contributed by atoms with Gasteiger partial charge in [-0.05, 0) is 42.2 Å². The van der Waals surface area contributed by atoms with Crippen molar-refractivity contribution in [3.05, 3.63) is 70.3 Å². The predicted molar refractivity (Wildman–Crippen MR) is 114 cm³/mol. The monoisotopic (exact) mass is 432 g/mol. The number of benzene rings is 2. The number of anilines is 1. The Morgan fingerprint density at radius 2 is 1.80 bits per heavy atom. The molecule has 0 unspecified atom stereocenters. The maximum Gasteiger partial charge on any atom is 0.283 e. The minimum absolute atomic E-state index is 0.0853. The van der Waals surface area contributed by atoms with Crippen molar-refractivity contribution in [2.45, 2.75) is 0 Å². The molecule has 2 aromatic rings. The molecule has 6 heteroatoms. The van der Waals surface area contributed by atoms with Crippen LogP contribution in [0.3, 0.4) is 0 Å². The van der Waals surface area contributed by atoms with E-state index in [1.54, 1.807) is 28.4 Å². The van der Waals surface area contributed by atoms with Crippen LogP contribution in [-0.2, 0) is 4.79 Å². The molecular weight excluding hydrogens is 416 g/mol. The first-order valence-corrected chi connectivity index (χ1v) is 10.9. The van der Waals surface area contributed by atoms with Gasteiger partial charge in [-0.15, -0.1) is 0 Å². The largest absolute Gasteiger partial charge is 0.283 e. The predicted octanol–water partition coefficient (Wildman–Crippen LogP) is 5.29. The number of aliphatic imine (C=N–C) groups is 1. The highest BCUT2D eigenvalue weighted by molar-refractivity contribution is 9.10. The van der Waals surface area contributed by atoms with Crippen molar-refractivity contribution in [2.24, 2.45) is 4.99 Å². The van der Waals surface area contributed by atoms with Gasteiger partial charge in [-0.3, -0.25) is 9.69 Å². The summed E-state index contributed by atoms with van der Waals surface area (Å²) in [4.78, 5) is 19.3. The smallest absolute Gasteiger partial charge is 0.266 e. The topological polar surface area (TPSA) is 32.7 Å². The third-order valence-corrected chi connectivity index (χ3v) is 5.88. The first kappa shape index (κ1) is 18.3. The highest BCUT2D eigenvalue weighted by Crippen LogP contribution is 2.30. The third kappa shape index (κ3) is 4.57. The van der Waals surface area contributed by atoms with Crippen LogP contribution in [-0.4, -0.2) is 28.8 Å². The normalized spacial score (nSPS) is 15.8. The summed E-state index contributed by atoms with van der Waals surface area (Å²) in [5, 5.41) is 0.739. The number of hydrogen-bond donors (Lipinski definition) is 0. The summed E-state index contributed by atoms with van der Waals surface area (Å²) in [6, 6.07) is 17.5. The van der Waals surface area contributed by atoms with Crippen LogP contribution in [0.2, 0.25) is 0 Å². The molecule has 3 rings (SSSR count). The lowest BCUT2D eigenvalue weighted by Crippen LogP contribution is -2.30. The van der Waals surface area contributed by atoms with E-state index in [2.05, 4.69) is 27.2 Å². The van der Waals surface area contributed by atoms with Crippen molar-refractivity contribution in [3.8, 4) is 0 Å². The Kier molecular flexibility index (Phi) is 6.39. The van der Waals surface area contributed by atoms with Crippen LogP contribution >= 0.6 is 39.5 Å². The summed E-state index contributed by atoms with van der Waals surface area (Å²) < 4.78 is 0.983. The van der Waals surface area contributed by atoms with Crippen molar-refractivity contribution in [2.75, 3.05) is 22.7 Å². The number of carbonyl (C=O) groups excluding carboxylic acids is 1. The summed E-state index contributed by atoms with van der Waals surface area (Å²) in [5.41, 5.74) is 2.28. The van der Waals surface area contributed by atoms with Crippen LogP contribution in [0.4, 0.5) is 5.69 Å². The molecule has 1 aliphatic heterocycles. The molecule has 0 saturated carbocycles. The van der Waals surface area contributed by atoms with Crippen molar-refractivity contribution in [3.63, 3.8) is 0 Å². The fourth-order valence-electron chi connectivity index (χ4n) is 2.33. The number of amides is 1. The van der Waals surface area contributed by atoms with Gasteiger partial charge in [-0.1, -0.05) is 58.0 Å². The van der Waals surface area contributed by atoms with Gasteiger partial charge in [0.2, 0.25) is 0 Å². The van der Waals surface area contributed by atoms with E-state index >= 15 is 0 Å². The van der Waals surface area contributed by atoms with Gasteiger partial charge < -0.3 is 0 Å². The zero-order chi connectivity index (χ0) is 17.6. The molecule has 128 valence electrons. The number of amidine groups is 1. The second-order valence-corrected chi connectivity index (χ2v) is 8.26. The quantitative estimate of drug-likeness (QED) is 0.475. The average Bonchev–Trinajstić information content (AvgIpc) is 2.93. The molecular formula is C19H17BrN2OS2. The average molecular weight is 433 g/mol. The molecule has 0 radical (unpaired) electrons. The zero-order valence-corrected chi connectivity index (χ0v) is 16.9. The number of nitrogens with zero attached hydrogens (tertiary/aromatic N) is 2. The Bertz CT molecular complexity index is 804. The highest BCUT2D eigenvalue weighted by Gasteiger charge is 2.31.